The van der Waals surface area contributed by atoms with Crippen molar-refractivity contribution in [2.45, 2.75) is 26.5 Å². The minimum atomic E-state index is -0.530. The van der Waals surface area contributed by atoms with E-state index in [1.807, 2.05) is 31.5 Å². The van der Waals surface area contributed by atoms with Gasteiger partial charge in [-0.2, -0.15) is 0 Å². The van der Waals surface area contributed by atoms with E-state index in [0.29, 0.717) is 5.69 Å². The van der Waals surface area contributed by atoms with Crippen molar-refractivity contribution < 1.29 is 5.11 Å². The van der Waals surface area contributed by atoms with Gasteiger partial charge in [0.15, 0.2) is 0 Å². The molecule has 2 aromatic rings. The highest BCUT2D eigenvalue weighted by molar-refractivity contribution is 7.09. The van der Waals surface area contributed by atoms with Crippen LogP contribution in [0.3, 0.4) is 0 Å². The van der Waals surface area contributed by atoms with Crippen LogP contribution in [0.2, 0.25) is 0 Å². The van der Waals surface area contributed by atoms with E-state index in [4.69, 9.17) is 0 Å². The van der Waals surface area contributed by atoms with Gasteiger partial charge in [-0.3, -0.25) is 0 Å². The SMILES string of the molecule is CC(C)C(O)c1cn(Cc2cccs2)nn1. The number of aromatic nitrogens is 3. The number of nitrogens with zero attached hydrogens (tertiary/aromatic N) is 3. The fourth-order valence-electron chi connectivity index (χ4n) is 1.43. The second kappa shape index (κ2) is 4.76. The van der Waals surface area contributed by atoms with Crippen molar-refractivity contribution in [3.8, 4) is 0 Å². The quantitative estimate of drug-likeness (QED) is 0.885. The van der Waals surface area contributed by atoms with Crippen LogP contribution < -0.4 is 0 Å². The maximum Gasteiger partial charge on any atom is 0.111 e. The van der Waals surface area contributed by atoms with Crippen LogP contribution in [0.5, 0.6) is 0 Å². The fourth-order valence-corrected chi connectivity index (χ4v) is 2.13. The van der Waals surface area contributed by atoms with Crippen LogP contribution >= 0.6 is 11.3 Å². The van der Waals surface area contributed by atoms with Gasteiger partial charge in [0.1, 0.15) is 11.8 Å². The lowest BCUT2D eigenvalue weighted by Gasteiger charge is -2.09. The summed E-state index contributed by atoms with van der Waals surface area (Å²) in [6, 6.07) is 4.08. The first-order valence-electron chi connectivity index (χ1n) is 5.27. The molecular formula is C11H15N3OS. The molecule has 5 heteroatoms. The molecule has 0 aromatic carbocycles. The standard InChI is InChI=1S/C11H15N3OS/c1-8(2)11(15)10-7-14(13-12-10)6-9-4-3-5-16-9/h3-5,7-8,11,15H,6H2,1-2H3. The second-order valence-electron chi connectivity index (χ2n) is 4.11. The summed E-state index contributed by atoms with van der Waals surface area (Å²) in [5.74, 6) is 0.159. The zero-order valence-corrected chi connectivity index (χ0v) is 10.2. The third kappa shape index (κ3) is 2.48. The molecule has 0 saturated carbocycles. The summed E-state index contributed by atoms with van der Waals surface area (Å²) in [4.78, 5) is 1.23. The summed E-state index contributed by atoms with van der Waals surface area (Å²) < 4.78 is 1.76. The van der Waals surface area contributed by atoms with Gasteiger partial charge in [0.2, 0.25) is 0 Å². The Kier molecular flexibility index (Phi) is 3.36. The van der Waals surface area contributed by atoms with Crippen molar-refractivity contribution in [3.05, 3.63) is 34.3 Å². The van der Waals surface area contributed by atoms with Gasteiger partial charge in [-0.25, -0.2) is 4.68 Å². The van der Waals surface area contributed by atoms with Gasteiger partial charge in [0.25, 0.3) is 0 Å². The Bertz CT molecular complexity index is 436. The largest absolute Gasteiger partial charge is 0.386 e. The van der Waals surface area contributed by atoms with E-state index in [1.54, 1.807) is 16.0 Å². The normalized spacial score (nSPS) is 13.2. The molecule has 1 atom stereocenters. The van der Waals surface area contributed by atoms with Crippen LogP contribution in [0.15, 0.2) is 23.7 Å². The Balaban J connectivity index is 2.08. The van der Waals surface area contributed by atoms with Crippen LogP contribution in [-0.2, 0) is 6.54 Å². The molecule has 0 spiro atoms. The lowest BCUT2D eigenvalue weighted by atomic mass is 10.1. The van der Waals surface area contributed by atoms with E-state index in [-0.39, 0.29) is 5.92 Å². The van der Waals surface area contributed by atoms with Gasteiger partial charge < -0.3 is 5.11 Å². The molecule has 1 N–H and O–H groups in total. The maximum absolute atomic E-state index is 9.82. The number of aliphatic hydroxyl groups is 1. The van der Waals surface area contributed by atoms with Crippen LogP contribution in [0.1, 0.15) is 30.5 Å². The van der Waals surface area contributed by atoms with Gasteiger partial charge in [0, 0.05) is 4.88 Å². The number of aliphatic hydroxyl groups excluding tert-OH is 1. The van der Waals surface area contributed by atoms with E-state index in [0.717, 1.165) is 6.54 Å². The summed E-state index contributed by atoms with van der Waals surface area (Å²) in [7, 11) is 0. The smallest absolute Gasteiger partial charge is 0.111 e. The number of thiophene rings is 1. The molecule has 0 radical (unpaired) electrons. The third-order valence-corrected chi connectivity index (χ3v) is 3.25. The first-order chi connectivity index (χ1) is 7.66. The average Bonchev–Trinajstić information content (AvgIpc) is 2.88. The van der Waals surface area contributed by atoms with Gasteiger partial charge in [-0.05, 0) is 17.4 Å². The van der Waals surface area contributed by atoms with Crippen LogP contribution in [0.4, 0.5) is 0 Å². The summed E-state index contributed by atoms with van der Waals surface area (Å²) >= 11 is 1.69. The Hall–Kier alpha value is -1.20. The van der Waals surface area contributed by atoms with Crippen molar-refractivity contribution in [3.63, 3.8) is 0 Å². The molecule has 0 saturated heterocycles. The molecule has 86 valence electrons. The molecule has 0 bridgehead atoms. The molecule has 1 unspecified atom stereocenters. The predicted molar refractivity (Wildman–Crippen MR) is 63.2 cm³/mol. The highest BCUT2D eigenvalue weighted by Crippen LogP contribution is 2.19. The molecule has 0 amide bonds. The minimum Gasteiger partial charge on any atom is -0.386 e. The monoisotopic (exact) mass is 237 g/mol. The van der Waals surface area contributed by atoms with E-state index >= 15 is 0 Å². The van der Waals surface area contributed by atoms with Crippen LogP contribution in [0.25, 0.3) is 0 Å². The van der Waals surface area contributed by atoms with Gasteiger partial charge in [0.05, 0.1) is 12.7 Å². The summed E-state index contributed by atoms with van der Waals surface area (Å²) in [5.41, 5.74) is 0.645. The molecule has 0 aliphatic rings. The molecule has 0 aliphatic heterocycles. The molecular weight excluding hydrogens is 222 g/mol. The maximum atomic E-state index is 9.82. The molecule has 16 heavy (non-hydrogen) atoms. The second-order valence-corrected chi connectivity index (χ2v) is 5.14. The number of hydrogen-bond acceptors (Lipinski definition) is 4. The van der Waals surface area contributed by atoms with E-state index in [2.05, 4.69) is 16.4 Å². The van der Waals surface area contributed by atoms with Crippen molar-refractivity contribution in [2.24, 2.45) is 5.92 Å². The summed E-state index contributed by atoms with van der Waals surface area (Å²) in [5, 5.41) is 19.9. The Morgan fingerprint density at radius 3 is 2.94 bits per heavy atom. The van der Waals surface area contributed by atoms with E-state index in [1.165, 1.54) is 4.88 Å². The van der Waals surface area contributed by atoms with Crippen molar-refractivity contribution in [2.75, 3.05) is 0 Å². The van der Waals surface area contributed by atoms with E-state index < -0.39 is 6.10 Å². The van der Waals surface area contributed by atoms with Crippen molar-refractivity contribution in [1.29, 1.82) is 0 Å². The zero-order chi connectivity index (χ0) is 11.5. The molecule has 2 heterocycles. The van der Waals surface area contributed by atoms with E-state index in [9.17, 15) is 5.11 Å². The lowest BCUT2D eigenvalue weighted by molar-refractivity contribution is 0.122. The molecule has 4 nitrogen and oxygen atoms in total. The molecule has 0 aliphatic carbocycles. The zero-order valence-electron chi connectivity index (χ0n) is 9.37. The first kappa shape index (κ1) is 11.3. The predicted octanol–water partition coefficient (Wildman–Crippen LogP) is 2.08. The van der Waals surface area contributed by atoms with Crippen molar-refractivity contribution in [1.82, 2.24) is 15.0 Å². The summed E-state index contributed by atoms with van der Waals surface area (Å²) in [6.45, 7) is 4.64. The number of rotatable bonds is 4. The first-order valence-corrected chi connectivity index (χ1v) is 6.15. The Morgan fingerprint density at radius 1 is 1.50 bits per heavy atom. The topological polar surface area (TPSA) is 50.9 Å². The highest BCUT2D eigenvalue weighted by Gasteiger charge is 2.15. The lowest BCUT2D eigenvalue weighted by Crippen LogP contribution is -2.05. The minimum absolute atomic E-state index is 0.159. The van der Waals surface area contributed by atoms with Gasteiger partial charge >= 0.3 is 0 Å². The van der Waals surface area contributed by atoms with Crippen molar-refractivity contribution >= 4 is 11.3 Å². The molecule has 2 rings (SSSR count). The van der Waals surface area contributed by atoms with Gasteiger partial charge in [-0.15, -0.1) is 16.4 Å². The molecule has 2 aromatic heterocycles. The Morgan fingerprint density at radius 2 is 2.31 bits per heavy atom. The average molecular weight is 237 g/mol. The van der Waals surface area contributed by atoms with Gasteiger partial charge in [-0.1, -0.05) is 25.1 Å². The Labute approximate surface area is 98.5 Å². The fraction of sp³-hybridized carbons (Fsp3) is 0.455. The highest BCUT2D eigenvalue weighted by atomic mass is 32.1. The third-order valence-electron chi connectivity index (χ3n) is 2.39. The van der Waals surface area contributed by atoms with Crippen LogP contribution in [0, 0.1) is 5.92 Å². The molecule has 0 fully saturated rings. The summed E-state index contributed by atoms with van der Waals surface area (Å²) in [6.07, 6.45) is 1.28. The van der Waals surface area contributed by atoms with Crippen LogP contribution in [-0.4, -0.2) is 20.1 Å². The number of hydrogen-bond donors (Lipinski definition) is 1.